The molecule has 1 aromatic heterocycles. The van der Waals surface area contributed by atoms with Crippen LogP contribution in [-0.2, 0) is 4.79 Å². The highest BCUT2D eigenvalue weighted by atomic mass is 35.5. The summed E-state index contributed by atoms with van der Waals surface area (Å²) in [5.74, 6) is -0.761. The van der Waals surface area contributed by atoms with E-state index in [0.717, 1.165) is 6.42 Å². The summed E-state index contributed by atoms with van der Waals surface area (Å²) in [5.41, 5.74) is 2.44. The Labute approximate surface area is 201 Å². The summed E-state index contributed by atoms with van der Waals surface area (Å²) in [6.07, 6.45) is 2.29. The minimum atomic E-state index is -0.678. The molecular formula is C24H21Cl2N5O2. The van der Waals surface area contributed by atoms with Gasteiger partial charge in [-0.05, 0) is 48.9 Å². The van der Waals surface area contributed by atoms with Crippen molar-refractivity contribution in [2.75, 3.05) is 25.0 Å². The summed E-state index contributed by atoms with van der Waals surface area (Å²) in [7, 11) is 0. The molecule has 0 fully saturated rings. The molecule has 4 rings (SSSR count). The van der Waals surface area contributed by atoms with Crippen LogP contribution in [0.4, 0.5) is 5.69 Å². The van der Waals surface area contributed by atoms with Crippen molar-refractivity contribution in [2.24, 2.45) is 0 Å². The van der Waals surface area contributed by atoms with Crippen LogP contribution in [-0.4, -0.2) is 45.9 Å². The fourth-order valence-electron chi connectivity index (χ4n) is 3.99. The van der Waals surface area contributed by atoms with Crippen molar-refractivity contribution in [1.29, 1.82) is 5.26 Å². The molecule has 1 N–H and O–H groups in total. The molecule has 1 amide bonds. The fourth-order valence-corrected chi connectivity index (χ4v) is 4.45. The standard InChI is InChI=1S/C24H21Cl2N5O2/c1-2-9-30(14-22(32)28-19-8-7-16(25)11-18(19)26)13-15-10-23(33)31-21-6-4-3-5-20(21)29-24(31)17(15)12-27/h3-8,10-11,17H,2,9,13-14H2,1H3,(H,28,32). The first-order valence-corrected chi connectivity index (χ1v) is 11.3. The van der Waals surface area contributed by atoms with E-state index in [4.69, 9.17) is 23.2 Å². The number of hydrogen-bond acceptors (Lipinski definition) is 5. The number of nitrogens with zero attached hydrogens (tertiary/aromatic N) is 4. The van der Waals surface area contributed by atoms with E-state index in [1.165, 1.54) is 10.6 Å². The van der Waals surface area contributed by atoms with Crippen molar-refractivity contribution in [3.63, 3.8) is 0 Å². The topological polar surface area (TPSA) is 91.0 Å². The van der Waals surface area contributed by atoms with Gasteiger partial charge in [0, 0.05) is 17.6 Å². The Morgan fingerprint density at radius 2 is 2.06 bits per heavy atom. The highest BCUT2D eigenvalue weighted by Crippen LogP contribution is 2.32. The fraction of sp³-hybridized carbons (Fsp3) is 0.250. The third kappa shape index (κ3) is 4.79. The number of allylic oxidation sites excluding steroid dienone is 1. The number of benzene rings is 2. The zero-order valence-electron chi connectivity index (χ0n) is 17.9. The van der Waals surface area contributed by atoms with Crippen LogP contribution in [0.3, 0.4) is 0 Å². The van der Waals surface area contributed by atoms with Gasteiger partial charge in [0.05, 0.1) is 34.4 Å². The zero-order valence-corrected chi connectivity index (χ0v) is 19.4. The number of para-hydroxylation sites is 2. The summed E-state index contributed by atoms with van der Waals surface area (Å²) in [5, 5.41) is 13.5. The Balaban J connectivity index is 1.54. The van der Waals surface area contributed by atoms with Gasteiger partial charge in [-0.3, -0.25) is 19.1 Å². The molecule has 1 aliphatic rings. The third-order valence-electron chi connectivity index (χ3n) is 5.39. The van der Waals surface area contributed by atoms with Crippen molar-refractivity contribution < 1.29 is 9.59 Å². The normalized spacial score (nSPS) is 15.3. The van der Waals surface area contributed by atoms with Gasteiger partial charge in [-0.25, -0.2) is 4.98 Å². The van der Waals surface area contributed by atoms with Crippen molar-refractivity contribution in [3.8, 4) is 6.07 Å². The van der Waals surface area contributed by atoms with Gasteiger partial charge in [0.1, 0.15) is 11.7 Å². The van der Waals surface area contributed by atoms with Crippen molar-refractivity contribution in [3.05, 3.63) is 70.0 Å². The van der Waals surface area contributed by atoms with Gasteiger partial charge < -0.3 is 5.32 Å². The maximum atomic E-state index is 12.9. The van der Waals surface area contributed by atoms with Crippen LogP contribution in [0, 0.1) is 11.3 Å². The molecule has 33 heavy (non-hydrogen) atoms. The zero-order chi connectivity index (χ0) is 23.5. The smallest absolute Gasteiger partial charge is 0.256 e. The number of imidazole rings is 1. The second-order valence-corrected chi connectivity index (χ2v) is 8.64. The number of carbonyl (C=O) groups excluding carboxylic acids is 2. The molecule has 168 valence electrons. The molecular weight excluding hydrogens is 461 g/mol. The van der Waals surface area contributed by atoms with E-state index in [1.807, 2.05) is 36.1 Å². The number of rotatable bonds is 7. The number of hydrogen-bond donors (Lipinski definition) is 1. The molecule has 0 saturated carbocycles. The second kappa shape index (κ2) is 9.75. The molecule has 3 aromatic rings. The van der Waals surface area contributed by atoms with Gasteiger partial charge in [-0.1, -0.05) is 42.3 Å². The summed E-state index contributed by atoms with van der Waals surface area (Å²) in [4.78, 5) is 32.1. The maximum absolute atomic E-state index is 12.9. The Kier molecular flexibility index (Phi) is 6.80. The predicted octanol–water partition coefficient (Wildman–Crippen LogP) is 4.88. The van der Waals surface area contributed by atoms with Gasteiger partial charge in [0.2, 0.25) is 5.91 Å². The summed E-state index contributed by atoms with van der Waals surface area (Å²) in [6, 6.07) is 14.4. The van der Waals surface area contributed by atoms with E-state index in [9.17, 15) is 14.9 Å². The molecule has 1 atom stereocenters. The van der Waals surface area contributed by atoms with E-state index in [-0.39, 0.29) is 18.4 Å². The first-order chi connectivity index (χ1) is 15.9. The second-order valence-electron chi connectivity index (χ2n) is 7.80. The summed E-state index contributed by atoms with van der Waals surface area (Å²) < 4.78 is 1.49. The van der Waals surface area contributed by atoms with Crippen molar-refractivity contribution in [1.82, 2.24) is 14.5 Å². The van der Waals surface area contributed by atoms with Gasteiger partial charge in [-0.15, -0.1) is 0 Å². The van der Waals surface area contributed by atoms with Gasteiger partial charge in [0.25, 0.3) is 5.91 Å². The van der Waals surface area contributed by atoms with E-state index in [2.05, 4.69) is 16.4 Å². The lowest BCUT2D eigenvalue weighted by molar-refractivity contribution is -0.117. The molecule has 0 bridgehead atoms. The van der Waals surface area contributed by atoms with Gasteiger partial charge >= 0.3 is 0 Å². The summed E-state index contributed by atoms with van der Waals surface area (Å²) in [6.45, 7) is 2.99. The lowest BCUT2D eigenvalue weighted by Gasteiger charge is -2.26. The minimum Gasteiger partial charge on any atom is -0.324 e. The van der Waals surface area contributed by atoms with Crippen LogP contribution in [0.2, 0.25) is 10.0 Å². The number of aromatic nitrogens is 2. The lowest BCUT2D eigenvalue weighted by atomic mass is 9.95. The SMILES string of the molecule is CCCN(CC(=O)Nc1ccc(Cl)cc1Cl)CC1=CC(=O)n2c(nc3ccccc32)C1C#N. The molecule has 2 aromatic carbocycles. The molecule has 0 spiro atoms. The Bertz CT molecular complexity index is 1310. The average Bonchev–Trinajstić information content (AvgIpc) is 3.16. The monoisotopic (exact) mass is 481 g/mol. The highest BCUT2D eigenvalue weighted by Gasteiger charge is 2.32. The summed E-state index contributed by atoms with van der Waals surface area (Å²) >= 11 is 12.1. The van der Waals surface area contributed by atoms with Crippen LogP contribution in [0.25, 0.3) is 11.0 Å². The first-order valence-electron chi connectivity index (χ1n) is 10.5. The Morgan fingerprint density at radius 3 is 2.79 bits per heavy atom. The quantitative estimate of drug-likeness (QED) is 0.518. The minimum absolute atomic E-state index is 0.0763. The van der Waals surface area contributed by atoms with Crippen molar-refractivity contribution in [2.45, 2.75) is 19.3 Å². The van der Waals surface area contributed by atoms with Gasteiger partial charge in [0.15, 0.2) is 0 Å². The Hall–Kier alpha value is -3.18. The number of anilines is 1. The third-order valence-corrected chi connectivity index (χ3v) is 5.94. The average molecular weight is 482 g/mol. The molecule has 0 radical (unpaired) electrons. The molecule has 1 unspecified atom stereocenters. The van der Waals surface area contributed by atoms with E-state index >= 15 is 0 Å². The van der Waals surface area contributed by atoms with E-state index in [1.54, 1.807) is 18.2 Å². The number of nitriles is 1. The van der Waals surface area contributed by atoms with Crippen LogP contribution in [0.15, 0.2) is 54.1 Å². The maximum Gasteiger partial charge on any atom is 0.256 e. The number of amides is 1. The van der Waals surface area contributed by atoms with Crippen LogP contribution < -0.4 is 5.32 Å². The Morgan fingerprint density at radius 1 is 1.27 bits per heavy atom. The van der Waals surface area contributed by atoms with Gasteiger partial charge in [-0.2, -0.15) is 5.26 Å². The predicted molar refractivity (Wildman–Crippen MR) is 129 cm³/mol. The highest BCUT2D eigenvalue weighted by molar-refractivity contribution is 6.36. The molecule has 7 nitrogen and oxygen atoms in total. The van der Waals surface area contributed by atoms with Crippen LogP contribution in [0.5, 0.6) is 0 Å². The number of nitrogens with one attached hydrogen (secondary N) is 1. The number of carbonyl (C=O) groups is 2. The van der Waals surface area contributed by atoms with Crippen LogP contribution >= 0.6 is 23.2 Å². The number of halogens is 2. The molecule has 0 aliphatic carbocycles. The van der Waals surface area contributed by atoms with E-state index in [0.29, 0.717) is 51.3 Å². The molecule has 0 saturated heterocycles. The largest absolute Gasteiger partial charge is 0.324 e. The lowest BCUT2D eigenvalue weighted by Crippen LogP contribution is -2.37. The van der Waals surface area contributed by atoms with Crippen molar-refractivity contribution >= 4 is 51.7 Å². The van der Waals surface area contributed by atoms with Crippen LogP contribution in [0.1, 0.15) is 29.9 Å². The molecule has 2 heterocycles. The van der Waals surface area contributed by atoms with E-state index < -0.39 is 5.92 Å². The number of fused-ring (bicyclic) bond motifs is 3. The molecule has 9 heteroatoms. The first kappa shape index (κ1) is 23.0. The molecule has 1 aliphatic heterocycles.